The Labute approximate surface area is 219 Å². The molecule has 3 aliphatic rings. The highest BCUT2D eigenvalue weighted by Gasteiger charge is 2.37. The number of nitrogens with one attached hydrogen (secondary N) is 3. The molecule has 3 aliphatic heterocycles. The third-order valence-electron chi connectivity index (χ3n) is 7.24. The molecule has 1 amide bonds. The van der Waals surface area contributed by atoms with Crippen LogP contribution in [0.5, 0.6) is 0 Å². The number of anilines is 1. The Morgan fingerprint density at radius 3 is 2.63 bits per heavy atom. The van der Waals surface area contributed by atoms with Crippen molar-refractivity contribution in [3.63, 3.8) is 0 Å². The molecule has 204 valence electrons. The standard InChI is InChI=1S/C26H32F3N6O2P/c1-38(2,37)23-18-9-8-17-19(13-31-22(17)23)21-20(26(27,28)29)14-32-25(34-21)33-16-7-6-12-35(15-16)11-5-3-4-10-30-24(18)36/h8-9,13-14,16,31H,3-7,10-12,15H2,1-2H3,(H,30,36)(H,32,33,34)/t16-/m0/s1. The van der Waals surface area contributed by atoms with Crippen LogP contribution < -0.4 is 15.9 Å². The Balaban J connectivity index is 1.68. The van der Waals surface area contributed by atoms with E-state index in [0.717, 1.165) is 57.9 Å². The van der Waals surface area contributed by atoms with Crippen LogP contribution in [0.15, 0.2) is 24.5 Å². The highest BCUT2D eigenvalue weighted by Crippen LogP contribution is 2.43. The van der Waals surface area contributed by atoms with Gasteiger partial charge in [0.1, 0.15) is 12.7 Å². The van der Waals surface area contributed by atoms with Crippen molar-refractivity contribution in [3.05, 3.63) is 35.7 Å². The van der Waals surface area contributed by atoms with E-state index in [1.807, 2.05) is 0 Å². The van der Waals surface area contributed by atoms with Gasteiger partial charge in [-0.2, -0.15) is 13.2 Å². The first-order valence-electron chi connectivity index (χ1n) is 12.9. The van der Waals surface area contributed by atoms with Crippen molar-refractivity contribution >= 4 is 35.2 Å². The minimum Gasteiger partial charge on any atom is -0.360 e. The van der Waals surface area contributed by atoms with Crippen molar-refractivity contribution in [2.24, 2.45) is 0 Å². The van der Waals surface area contributed by atoms with E-state index in [1.165, 1.54) is 6.20 Å². The van der Waals surface area contributed by atoms with Crippen LogP contribution in [0, 0.1) is 0 Å². The average molecular weight is 549 g/mol. The SMILES string of the molecule is CP(C)(=O)c1c2ccc3c(c[nH]c13)-c1nc(ncc1C(F)(F)F)N[C@H]1CCCN(CCCCCNC2=O)C1. The Morgan fingerprint density at radius 1 is 1.08 bits per heavy atom. The predicted octanol–water partition coefficient (Wildman–Crippen LogP) is 4.68. The smallest absolute Gasteiger partial charge is 0.360 e. The number of carbonyl (C=O) groups excluding carboxylic acids is 1. The summed E-state index contributed by atoms with van der Waals surface area (Å²) in [6, 6.07) is 3.16. The molecule has 0 spiro atoms. The number of piperidine rings is 1. The van der Waals surface area contributed by atoms with Gasteiger partial charge in [-0.05, 0) is 58.2 Å². The molecule has 0 saturated carbocycles. The van der Waals surface area contributed by atoms with Gasteiger partial charge >= 0.3 is 6.18 Å². The van der Waals surface area contributed by atoms with Gasteiger partial charge in [0.05, 0.1) is 16.8 Å². The van der Waals surface area contributed by atoms with E-state index in [4.69, 9.17) is 0 Å². The number of alkyl halides is 3. The number of rotatable bonds is 1. The Kier molecular flexibility index (Phi) is 7.26. The van der Waals surface area contributed by atoms with Gasteiger partial charge in [-0.25, -0.2) is 9.97 Å². The van der Waals surface area contributed by atoms with Crippen molar-refractivity contribution in [2.75, 3.05) is 44.8 Å². The number of hydrogen-bond acceptors (Lipinski definition) is 6. The molecule has 8 bridgehead atoms. The van der Waals surface area contributed by atoms with E-state index >= 15 is 0 Å². The molecule has 0 aliphatic carbocycles. The van der Waals surface area contributed by atoms with Gasteiger partial charge < -0.3 is 25.1 Å². The van der Waals surface area contributed by atoms with Crippen LogP contribution in [-0.4, -0.2) is 71.3 Å². The molecule has 3 N–H and O–H groups in total. The summed E-state index contributed by atoms with van der Waals surface area (Å²) in [5.74, 6) is -0.205. The fourth-order valence-corrected chi connectivity index (χ4v) is 6.96. The van der Waals surface area contributed by atoms with E-state index in [9.17, 15) is 22.5 Å². The van der Waals surface area contributed by atoms with Crippen LogP contribution in [0.2, 0.25) is 0 Å². The molecule has 1 fully saturated rings. The van der Waals surface area contributed by atoms with Gasteiger partial charge in [0.2, 0.25) is 5.95 Å². The number of H-pyrrole nitrogens is 1. The molecule has 8 nitrogen and oxygen atoms in total. The molecule has 6 rings (SSSR count). The number of carbonyl (C=O) groups is 1. The van der Waals surface area contributed by atoms with Crippen LogP contribution in [0.3, 0.4) is 0 Å². The molecule has 3 aromatic rings. The summed E-state index contributed by atoms with van der Waals surface area (Å²) in [6.45, 7) is 6.24. The van der Waals surface area contributed by atoms with Gasteiger partial charge in [0.25, 0.3) is 5.91 Å². The molecule has 0 radical (unpaired) electrons. The Hall–Kier alpha value is -2.91. The number of aromatic amines is 1. The maximum absolute atomic E-state index is 14.1. The van der Waals surface area contributed by atoms with Crippen LogP contribution in [0.1, 0.15) is 48.0 Å². The first-order chi connectivity index (χ1) is 18.0. The lowest BCUT2D eigenvalue weighted by atomic mass is 10.0. The second-order valence-corrected chi connectivity index (χ2v) is 13.6. The molecule has 1 unspecified atom stereocenters. The summed E-state index contributed by atoms with van der Waals surface area (Å²) in [5.41, 5.74) is -0.375. The minimum atomic E-state index is -4.68. The van der Waals surface area contributed by atoms with E-state index < -0.39 is 18.9 Å². The molecule has 38 heavy (non-hydrogen) atoms. The number of aromatic nitrogens is 3. The maximum atomic E-state index is 14.1. The maximum Gasteiger partial charge on any atom is 0.419 e. The van der Waals surface area contributed by atoms with E-state index in [0.29, 0.717) is 22.8 Å². The fraction of sp³-hybridized carbons (Fsp3) is 0.500. The van der Waals surface area contributed by atoms with Gasteiger partial charge in [0.15, 0.2) is 0 Å². The van der Waals surface area contributed by atoms with Gasteiger partial charge in [-0.3, -0.25) is 4.79 Å². The fourth-order valence-electron chi connectivity index (χ4n) is 5.48. The molecular weight excluding hydrogens is 516 g/mol. The largest absolute Gasteiger partial charge is 0.419 e. The van der Waals surface area contributed by atoms with Crippen LogP contribution in [-0.2, 0) is 10.7 Å². The second-order valence-electron chi connectivity index (χ2n) is 10.5. The van der Waals surface area contributed by atoms with Gasteiger partial charge in [-0.1, -0.05) is 12.5 Å². The van der Waals surface area contributed by atoms with E-state index in [1.54, 1.807) is 25.5 Å². The van der Waals surface area contributed by atoms with Crippen molar-refractivity contribution in [2.45, 2.75) is 44.3 Å². The van der Waals surface area contributed by atoms with E-state index in [2.05, 4.69) is 30.5 Å². The predicted molar refractivity (Wildman–Crippen MR) is 143 cm³/mol. The lowest BCUT2D eigenvalue weighted by molar-refractivity contribution is -0.137. The molecular formula is C26H32F3N6O2P. The lowest BCUT2D eigenvalue weighted by Gasteiger charge is -2.33. The number of nitrogens with zero attached hydrogens (tertiary/aromatic N) is 3. The molecule has 1 saturated heterocycles. The zero-order valence-electron chi connectivity index (χ0n) is 21.5. The van der Waals surface area contributed by atoms with Crippen molar-refractivity contribution in [1.82, 2.24) is 25.2 Å². The summed E-state index contributed by atoms with van der Waals surface area (Å²) in [7, 11) is -3.02. The molecule has 2 aromatic heterocycles. The zero-order chi connectivity index (χ0) is 27.1. The Bertz CT molecular complexity index is 1400. The topological polar surface area (TPSA) is 103 Å². The number of benzene rings is 1. The molecule has 1 aromatic carbocycles. The van der Waals surface area contributed by atoms with Crippen molar-refractivity contribution in [1.29, 1.82) is 0 Å². The quantitative estimate of drug-likeness (QED) is 0.382. The average Bonchev–Trinajstić information content (AvgIpc) is 3.27. The minimum absolute atomic E-state index is 0.0258. The van der Waals surface area contributed by atoms with Gasteiger partial charge in [0, 0.05) is 47.8 Å². The summed E-state index contributed by atoms with van der Waals surface area (Å²) in [6.07, 6.45) is 2.18. The zero-order valence-corrected chi connectivity index (χ0v) is 22.4. The number of fused-ring (bicyclic) bond motifs is 7. The second kappa shape index (κ2) is 10.3. The summed E-state index contributed by atoms with van der Waals surface area (Å²) < 4.78 is 55.6. The third-order valence-corrected chi connectivity index (χ3v) is 8.78. The first-order valence-corrected chi connectivity index (χ1v) is 15.5. The number of amides is 1. The van der Waals surface area contributed by atoms with Crippen LogP contribution in [0.4, 0.5) is 19.1 Å². The number of hydrogen-bond donors (Lipinski definition) is 3. The summed E-state index contributed by atoms with van der Waals surface area (Å²) in [5, 5.41) is 6.92. The highest BCUT2D eigenvalue weighted by atomic mass is 31.2. The summed E-state index contributed by atoms with van der Waals surface area (Å²) in [4.78, 5) is 26.9. The van der Waals surface area contributed by atoms with Gasteiger partial charge in [-0.15, -0.1) is 0 Å². The highest BCUT2D eigenvalue weighted by molar-refractivity contribution is 7.70. The molecule has 2 atom stereocenters. The molecule has 12 heteroatoms. The van der Waals surface area contributed by atoms with Crippen molar-refractivity contribution < 1.29 is 22.5 Å². The molecule has 5 heterocycles. The lowest BCUT2D eigenvalue weighted by Crippen LogP contribution is -2.42. The van der Waals surface area contributed by atoms with E-state index in [-0.39, 0.29) is 34.7 Å². The number of halogens is 3. The normalized spacial score (nSPS) is 21.4. The first kappa shape index (κ1) is 26.7. The third kappa shape index (κ3) is 5.45. The summed E-state index contributed by atoms with van der Waals surface area (Å²) >= 11 is 0. The van der Waals surface area contributed by atoms with Crippen LogP contribution in [0.25, 0.3) is 22.2 Å². The Morgan fingerprint density at radius 2 is 1.87 bits per heavy atom. The van der Waals surface area contributed by atoms with Crippen LogP contribution >= 0.6 is 7.14 Å². The van der Waals surface area contributed by atoms with Crippen molar-refractivity contribution in [3.8, 4) is 11.3 Å². The monoisotopic (exact) mass is 548 g/mol.